The van der Waals surface area contributed by atoms with E-state index in [9.17, 15) is 0 Å². The summed E-state index contributed by atoms with van der Waals surface area (Å²) >= 11 is 0. The van der Waals surface area contributed by atoms with Crippen molar-refractivity contribution in [2.75, 3.05) is 19.8 Å². The standard InChI is InChI=1S/C10H17N3O/c1-10(3-5-14-7-10)13-8-12-6-9(13)2-4-11/h6,8H,2-5,7,11H2,1H3. The first-order valence-corrected chi connectivity index (χ1v) is 5.06. The maximum absolute atomic E-state index is 5.56. The van der Waals surface area contributed by atoms with Crippen molar-refractivity contribution in [3.05, 3.63) is 18.2 Å². The van der Waals surface area contributed by atoms with Gasteiger partial charge in [0, 0.05) is 24.9 Å². The second-order valence-corrected chi connectivity index (χ2v) is 4.09. The van der Waals surface area contributed by atoms with Crippen molar-refractivity contribution in [1.82, 2.24) is 9.55 Å². The molecule has 1 saturated heterocycles. The van der Waals surface area contributed by atoms with Crippen molar-refractivity contribution < 1.29 is 4.74 Å². The number of rotatable bonds is 3. The molecular formula is C10H17N3O. The fourth-order valence-corrected chi connectivity index (χ4v) is 1.99. The first kappa shape index (κ1) is 9.68. The molecule has 14 heavy (non-hydrogen) atoms. The fraction of sp³-hybridized carbons (Fsp3) is 0.700. The molecule has 1 aliphatic rings. The number of imidazole rings is 1. The van der Waals surface area contributed by atoms with E-state index in [0.717, 1.165) is 26.1 Å². The summed E-state index contributed by atoms with van der Waals surface area (Å²) in [6.07, 6.45) is 5.73. The van der Waals surface area contributed by atoms with E-state index in [-0.39, 0.29) is 5.54 Å². The summed E-state index contributed by atoms with van der Waals surface area (Å²) in [7, 11) is 0. The lowest BCUT2D eigenvalue weighted by Gasteiger charge is -2.26. The Bertz CT molecular complexity index is 302. The van der Waals surface area contributed by atoms with Crippen LogP contribution in [0.4, 0.5) is 0 Å². The van der Waals surface area contributed by atoms with E-state index < -0.39 is 0 Å². The van der Waals surface area contributed by atoms with E-state index in [1.165, 1.54) is 5.69 Å². The molecule has 1 atom stereocenters. The molecule has 0 aliphatic carbocycles. The summed E-state index contributed by atoms with van der Waals surface area (Å²) in [4.78, 5) is 4.18. The van der Waals surface area contributed by atoms with E-state index in [0.29, 0.717) is 6.54 Å². The first-order chi connectivity index (χ1) is 6.76. The molecular weight excluding hydrogens is 178 g/mol. The van der Waals surface area contributed by atoms with Gasteiger partial charge in [0.15, 0.2) is 0 Å². The highest BCUT2D eigenvalue weighted by Crippen LogP contribution is 2.27. The minimum Gasteiger partial charge on any atom is -0.379 e. The van der Waals surface area contributed by atoms with Crippen LogP contribution in [0.3, 0.4) is 0 Å². The Morgan fingerprint density at radius 2 is 2.57 bits per heavy atom. The van der Waals surface area contributed by atoms with Crippen LogP contribution in [0.15, 0.2) is 12.5 Å². The predicted molar refractivity (Wildman–Crippen MR) is 54.1 cm³/mol. The number of aromatic nitrogens is 2. The molecule has 0 saturated carbocycles. The minimum absolute atomic E-state index is 0.0843. The molecule has 0 amide bonds. The topological polar surface area (TPSA) is 53.1 Å². The third kappa shape index (κ3) is 1.55. The second kappa shape index (κ2) is 3.71. The van der Waals surface area contributed by atoms with Crippen LogP contribution in [0, 0.1) is 0 Å². The zero-order valence-corrected chi connectivity index (χ0v) is 8.57. The van der Waals surface area contributed by atoms with Crippen molar-refractivity contribution in [1.29, 1.82) is 0 Å². The Hall–Kier alpha value is -0.870. The Balaban J connectivity index is 2.25. The van der Waals surface area contributed by atoms with Crippen molar-refractivity contribution in [2.24, 2.45) is 5.73 Å². The number of hydrogen-bond acceptors (Lipinski definition) is 3. The van der Waals surface area contributed by atoms with Crippen LogP contribution in [0.1, 0.15) is 19.0 Å². The maximum atomic E-state index is 5.56. The fourth-order valence-electron chi connectivity index (χ4n) is 1.99. The monoisotopic (exact) mass is 195 g/mol. The summed E-state index contributed by atoms with van der Waals surface area (Å²) in [5.74, 6) is 0. The molecule has 4 heteroatoms. The zero-order chi connectivity index (χ0) is 10.0. The average molecular weight is 195 g/mol. The van der Waals surface area contributed by atoms with Gasteiger partial charge in [0.25, 0.3) is 0 Å². The van der Waals surface area contributed by atoms with Gasteiger partial charge in [-0.05, 0) is 19.9 Å². The van der Waals surface area contributed by atoms with Gasteiger partial charge in [-0.2, -0.15) is 0 Å². The van der Waals surface area contributed by atoms with Gasteiger partial charge in [0.05, 0.1) is 18.5 Å². The van der Waals surface area contributed by atoms with Gasteiger partial charge >= 0.3 is 0 Å². The molecule has 0 bridgehead atoms. The van der Waals surface area contributed by atoms with Crippen LogP contribution in [0.2, 0.25) is 0 Å². The van der Waals surface area contributed by atoms with Crippen LogP contribution in [0.5, 0.6) is 0 Å². The molecule has 2 heterocycles. The third-order valence-corrected chi connectivity index (χ3v) is 2.90. The summed E-state index contributed by atoms with van der Waals surface area (Å²) in [5.41, 5.74) is 6.85. The normalized spacial score (nSPS) is 27.0. The van der Waals surface area contributed by atoms with Gasteiger partial charge in [0.2, 0.25) is 0 Å². The van der Waals surface area contributed by atoms with E-state index >= 15 is 0 Å². The van der Waals surface area contributed by atoms with Crippen molar-refractivity contribution in [3.63, 3.8) is 0 Å². The largest absolute Gasteiger partial charge is 0.379 e. The number of nitrogens with two attached hydrogens (primary N) is 1. The van der Waals surface area contributed by atoms with Crippen LogP contribution in [-0.2, 0) is 16.7 Å². The Morgan fingerprint density at radius 3 is 3.21 bits per heavy atom. The van der Waals surface area contributed by atoms with Crippen molar-refractivity contribution >= 4 is 0 Å². The number of hydrogen-bond donors (Lipinski definition) is 1. The Kier molecular flexibility index (Phi) is 2.56. The lowest BCUT2D eigenvalue weighted by molar-refractivity contribution is 0.160. The first-order valence-electron chi connectivity index (χ1n) is 5.06. The zero-order valence-electron chi connectivity index (χ0n) is 8.57. The SMILES string of the molecule is CC1(n2cncc2CCN)CCOC1. The van der Waals surface area contributed by atoms with Gasteiger partial charge in [-0.15, -0.1) is 0 Å². The predicted octanol–water partition coefficient (Wildman–Crippen LogP) is 0.520. The molecule has 1 aliphatic heterocycles. The van der Waals surface area contributed by atoms with Crippen molar-refractivity contribution in [2.45, 2.75) is 25.3 Å². The quantitative estimate of drug-likeness (QED) is 0.765. The van der Waals surface area contributed by atoms with Crippen LogP contribution >= 0.6 is 0 Å². The summed E-state index contributed by atoms with van der Waals surface area (Å²) in [5, 5.41) is 0. The molecule has 2 rings (SSSR count). The van der Waals surface area contributed by atoms with Crippen LogP contribution in [0.25, 0.3) is 0 Å². The van der Waals surface area contributed by atoms with Gasteiger partial charge in [0.1, 0.15) is 0 Å². The Labute approximate surface area is 84.1 Å². The van der Waals surface area contributed by atoms with Gasteiger partial charge in [-0.1, -0.05) is 0 Å². The van der Waals surface area contributed by atoms with Gasteiger partial charge in [-0.3, -0.25) is 0 Å². The lowest BCUT2D eigenvalue weighted by Crippen LogP contribution is -2.31. The Morgan fingerprint density at radius 1 is 1.71 bits per heavy atom. The summed E-state index contributed by atoms with van der Waals surface area (Å²) < 4.78 is 7.65. The molecule has 4 nitrogen and oxygen atoms in total. The van der Waals surface area contributed by atoms with Crippen LogP contribution in [-0.4, -0.2) is 29.3 Å². The van der Waals surface area contributed by atoms with Crippen LogP contribution < -0.4 is 5.73 Å². The summed E-state index contributed by atoms with van der Waals surface area (Å²) in [6.45, 7) is 4.50. The molecule has 2 N–H and O–H groups in total. The second-order valence-electron chi connectivity index (χ2n) is 4.09. The maximum Gasteiger partial charge on any atom is 0.0954 e. The third-order valence-electron chi connectivity index (χ3n) is 2.90. The molecule has 0 spiro atoms. The molecule has 1 unspecified atom stereocenters. The highest BCUT2D eigenvalue weighted by molar-refractivity contribution is 5.05. The summed E-state index contributed by atoms with van der Waals surface area (Å²) in [6, 6.07) is 0. The molecule has 1 fully saturated rings. The van der Waals surface area contributed by atoms with E-state index in [1.54, 1.807) is 0 Å². The number of nitrogens with zero attached hydrogens (tertiary/aromatic N) is 2. The highest BCUT2D eigenvalue weighted by atomic mass is 16.5. The van der Waals surface area contributed by atoms with Gasteiger partial charge < -0.3 is 15.0 Å². The average Bonchev–Trinajstić information content (AvgIpc) is 2.75. The lowest BCUT2D eigenvalue weighted by atomic mass is 10.0. The molecule has 1 aromatic rings. The van der Waals surface area contributed by atoms with E-state index in [1.807, 2.05) is 12.5 Å². The molecule has 0 radical (unpaired) electrons. The number of ether oxygens (including phenoxy) is 1. The highest BCUT2D eigenvalue weighted by Gasteiger charge is 2.32. The van der Waals surface area contributed by atoms with Gasteiger partial charge in [-0.25, -0.2) is 4.98 Å². The smallest absolute Gasteiger partial charge is 0.0954 e. The minimum atomic E-state index is 0.0843. The van der Waals surface area contributed by atoms with Crippen molar-refractivity contribution in [3.8, 4) is 0 Å². The van der Waals surface area contributed by atoms with E-state index in [2.05, 4.69) is 16.5 Å². The molecule has 78 valence electrons. The van der Waals surface area contributed by atoms with E-state index in [4.69, 9.17) is 10.5 Å². The molecule has 0 aromatic carbocycles. The molecule has 1 aromatic heterocycles.